The topological polar surface area (TPSA) is 29.1 Å². The van der Waals surface area contributed by atoms with Crippen LogP contribution in [0.25, 0.3) is 0 Å². The fraction of sp³-hybridized carbons (Fsp3) is 0.667. The second-order valence-corrected chi connectivity index (χ2v) is 5.13. The lowest BCUT2D eigenvalue weighted by atomic mass is 9.93. The van der Waals surface area contributed by atoms with Gasteiger partial charge in [0.1, 0.15) is 0 Å². The summed E-state index contributed by atoms with van der Waals surface area (Å²) in [5.41, 5.74) is 1.54. The number of carbonyl (C=O) groups excluding carboxylic acids is 1. The van der Waals surface area contributed by atoms with Crippen LogP contribution in [0.15, 0.2) is 23.8 Å². The van der Waals surface area contributed by atoms with E-state index < -0.39 is 0 Å². The van der Waals surface area contributed by atoms with E-state index in [0.29, 0.717) is 0 Å². The van der Waals surface area contributed by atoms with E-state index in [1.807, 2.05) is 0 Å². The van der Waals surface area contributed by atoms with Crippen LogP contribution in [-0.2, 0) is 4.79 Å². The van der Waals surface area contributed by atoms with Crippen molar-refractivity contribution in [1.82, 2.24) is 5.32 Å². The summed E-state index contributed by atoms with van der Waals surface area (Å²) in [4.78, 5) is 11.9. The molecule has 0 saturated heterocycles. The van der Waals surface area contributed by atoms with Crippen molar-refractivity contribution in [3.05, 3.63) is 23.8 Å². The molecule has 0 radical (unpaired) electrons. The van der Waals surface area contributed by atoms with Crippen molar-refractivity contribution < 1.29 is 4.79 Å². The second kappa shape index (κ2) is 6.63. The minimum absolute atomic E-state index is 0.223. The Labute approximate surface area is 104 Å². The molecule has 94 valence electrons. The van der Waals surface area contributed by atoms with E-state index in [0.717, 1.165) is 32.2 Å². The molecule has 0 fully saturated rings. The summed E-state index contributed by atoms with van der Waals surface area (Å²) in [5, 5.41) is 3.09. The summed E-state index contributed by atoms with van der Waals surface area (Å²) < 4.78 is 0. The maximum Gasteiger partial charge on any atom is 0.223 e. The highest BCUT2D eigenvalue weighted by Crippen LogP contribution is 2.20. The molecule has 0 bridgehead atoms. The van der Waals surface area contributed by atoms with Crippen molar-refractivity contribution in [1.29, 1.82) is 0 Å². The van der Waals surface area contributed by atoms with Crippen LogP contribution in [0.3, 0.4) is 0 Å². The van der Waals surface area contributed by atoms with Gasteiger partial charge in [-0.25, -0.2) is 0 Å². The molecular weight excluding hydrogens is 210 g/mol. The smallest absolute Gasteiger partial charge is 0.223 e. The normalized spacial score (nSPS) is 24.2. The first-order chi connectivity index (χ1) is 8.36. The quantitative estimate of drug-likeness (QED) is 0.741. The maximum absolute atomic E-state index is 11.9. The Hall–Kier alpha value is -1.05. The van der Waals surface area contributed by atoms with Crippen molar-refractivity contribution in [3.63, 3.8) is 0 Å². The molecule has 0 saturated carbocycles. The Morgan fingerprint density at radius 1 is 1.29 bits per heavy atom. The number of amides is 1. The molecule has 2 aliphatic rings. The van der Waals surface area contributed by atoms with Gasteiger partial charge in [-0.2, -0.15) is 0 Å². The highest BCUT2D eigenvalue weighted by Gasteiger charge is 2.17. The molecule has 2 aliphatic carbocycles. The van der Waals surface area contributed by atoms with Gasteiger partial charge in [0.15, 0.2) is 0 Å². The Morgan fingerprint density at radius 2 is 2.24 bits per heavy atom. The van der Waals surface area contributed by atoms with Crippen LogP contribution < -0.4 is 5.32 Å². The number of hydrogen-bond donors (Lipinski definition) is 1. The van der Waals surface area contributed by atoms with Crippen molar-refractivity contribution >= 4 is 5.91 Å². The second-order valence-electron chi connectivity index (χ2n) is 5.13. The molecule has 0 aromatic heterocycles. The molecule has 1 N–H and O–H groups in total. The largest absolute Gasteiger partial charge is 0.356 e. The van der Waals surface area contributed by atoms with E-state index in [1.54, 1.807) is 5.57 Å². The van der Waals surface area contributed by atoms with Crippen LogP contribution in [0.2, 0.25) is 0 Å². The van der Waals surface area contributed by atoms with Crippen molar-refractivity contribution in [3.8, 4) is 0 Å². The molecule has 0 aromatic rings. The average molecular weight is 233 g/mol. The molecule has 1 unspecified atom stereocenters. The fourth-order valence-electron chi connectivity index (χ4n) is 2.65. The summed E-state index contributed by atoms with van der Waals surface area (Å²) in [6.45, 7) is 0.824. The Morgan fingerprint density at radius 3 is 2.94 bits per heavy atom. The van der Waals surface area contributed by atoms with Gasteiger partial charge in [-0.3, -0.25) is 4.79 Å². The third-order valence-corrected chi connectivity index (χ3v) is 3.77. The molecule has 1 amide bonds. The molecule has 2 nitrogen and oxygen atoms in total. The summed E-state index contributed by atoms with van der Waals surface area (Å²) in [5.74, 6) is 0.478. The van der Waals surface area contributed by atoms with Gasteiger partial charge in [0.05, 0.1) is 0 Å². The van der Waals surface area contributed by atoms with Crippen LogP contribution in [0.4, 0.5) is 0 Å². The van der Waals surface area contributed by atoms with Crippen molar-refractivity contribution in [2.45, 2.75) is 51.4 Å². The third-order valence-electron chi connectivity index (χ3n) is 3.77. The predicted octanol–water partition coefficient (Wildman–Crippen LogP) is 3.35. The molecule has 0 aliphatic heterocycles. The number of nitrogens with one attached hydrogen (secondary N) is 1. The van der Waals surface area contributed by atoms with Crippen molar-refractivity contribution in [2.24, 2.45) is 5.92 Å². The zero-order valence-electron chi connectivity index (χ0n) is 10.6. The molecule has 0 heterocycles. The SMILES string of the molecule is O=C(NCCC1=CCCCC1)C1CC=CCC1. The fourth-order valence-corrected chi connectivity index (χ4v) is 2.65. The maximum atomic E-state index is 11.9. The van der Waals surface area contributed by atoms with Gasteiger partial charge >= 0.3 is 0 Å². The number of allylic oxidation sites excluding steroid dienone is 3. The van der Waals surface area contributed by atoms with Gasteiger partial charge in [-0.05, 0) is 51.4 Å². The summed E-state index contributed by atoms with van der Waals surface area (Å²) in [7, 11) is 0. The van der Waals surface area contributed by atoms with Gasteiger partial charge in [0.25, 0.3) is 0 Å². The molecular formula is C15H23NO. The van der Waals surface area contributed by atoms with Gasteiger partial charge in [0.2, 0.25) is 5.91 Å². The third kappa shape index (κ3) is 4.03. The Balaban J connectivity index is 1.65. The number of hydrogen-bond acceptors (Lipinski definition) is 1. The zero-order valence-corrected chi connectivity index (χ0v) is 10.6. The lowest BCUT2D eigenvalue weighted by molar-refractivity contribution is -0.125. The van der Waals surface area contributed by atoms with E-state index in [-0.39, 0.29) is 11.8 Å². The molecule has 17 heavy (non-hydrogen) atoms. The highest BCUT2D eigenvalue weighted by atomic mass is 16.1. The van der Waals surface area contributed by atoms with Crippen LogP contribution in [0.1, 0.15) is 51.4 Å². The molecule has 1 atom stereocenters. The van der Waals surface area contributed by atoms with Gasteiger partial charge in [-0.1, -0.05) is 23.8 Å². The first-order valence-electron chi connectivity index (χ1n) is 6.97. The number of carbonyl (C=O) groups is 1. The van der Waals surface area contributed by atoms with Gasteiger partial charge in [0, 0.05) is 12.5 Å². The minimum Gasteiger partial charge on any atom is -0.356 e. The first kappa shape index (κ1) is 12.4. The lowest BCUT2D eigenvalue weighted by Gasteiger charge is -2.18. The van der Waals surface area contributed by atoms with E-state index in [9.17, 15) is 4.79 Å². The van der Waals surface area contributed by atoms with E-state index in [1.165, 1.54) is 25.7 Å². The standard InChI is InChI=1S/C15H23NO/c17-15(14-9-5-2-6-10-14)16-12-11-13-7-3-1-4-8-13/h2,5,7,14H,1,3-4,6,8-12H2,(H,16,17). The van der Waals surface area contributed by atoms with E-state index in [2.05, 4.69) is 23.5 Å². The van der Waals surface area contributed by atoms with Crippen LogP contribution in [-0.4, -0.2) is 12.5 Å². The predicted molar refractivity (Wildman–Crippen MR) is 70.7 cm³/mol. The molecule has 0 aromatic carbocycles. The number of rotatable bonds is 4. The van der Waals surface area contributed by atoms with Gasteiger partial charge in [-0.15, -0.1) is 0 Å². The van der Waals surface area contributed by atoms with Gasteiger partial charge < -0.3 is 5.32 Å². The average Bonchev–Trinajstić information content (AvgIpc) is 2.41. The molecule has 2 heteroatoms. The summed E-state index contributed by atoms with van der Waals surface area (Å²) >= 11 is 0. The summed E-state index contributed by atoms with van der Waals surface area (Å²) in [6, 6.07) is 0. The first-order valence-corrected chi connectivity index (χ1v) is 6.97. The zero-order chi connectivity index (χ0) is 11.9. The van der Waals surface area contributed by atoms with Crippen LogP contribution >= 0.6 is 0 Å². The molecule has 2 rings (SSSR count). The van der Waals surface area contributed by atoms with E-state index in [4.69, 9.17) is 0 Å². The minimum atomic E-state index is 0.223. The Bertz CT molecular complexity index is 317. The molecule has 0 spiro atoms. The van der Waals surface area contributed by atoms with Crippen LogP contribution in [0, 0.1) is 5.92 Å². The Kier molecular flexibility index (Phi) is 4.84. The summed E-state index contributed by atoms with van der Waals surface area (Å²) in [6.07, 6.45) is 15.9. The van der Waals surface area contributed by atoms with Crippen LogP contribution in [0.5, 0.6) is 0 Å². The van der Waals surface area contributed by atoms with E-state index >= 15 is 0 Å². The lowest BCUT2D eigenvalue weighted by Crippen LogP contribution is -2.32. The van der Waals surface area contributed by atoms with Crippen molar-refractivity contribution in [2.75, 3.05) is 6.54 Å². The highest BCUT2D eigenvalue weighted by molar-refractivity contribution is 5.78. The monoisotopic (exact) mass is 233 g/mol.